The van der Waals surface area contributed by atoms with E-state index in [1.807, 2.05) is 4.57 Å². The van der Waals surface area contributed by atoms with Crippen molar-refractivity contribution in [3.8, 4) is 0 Å². The number of alkyl halides is 1. The first-order valence-electron chi connectivity index (χ1n) is 12.4. The zero-order valence-electron chi connectivity index (χ0n) is 22.5. The van der Waals surface area contributed by atoms with Crippen LogP contribution >= 0.6 is 31.4 Å². The Hall–Kier alpha value is -2.53. The Morgan fingerprint density at radius 2 is 1.88 bits per heavy atom. The molecule has 16 nitrogen and oxygen atoms in total. The lowest BCUT2D eigenvalue weighted by Gasteiger charge is -2.27. The second-order valence-corrected chi connectivity index (χ2v) is 10.3. The number of aromatic amines is 2. The van der Waals surface area contributed by atoms with Crippen molar-refractivity contribution >= 4 is 59.6 Å². The highest BCUT2D eigenvalue weighted by Crippen LogP contribution is 2.28. The number of fused-ring (bicyclic) bond motifs is 2. The largest absolute Gasteiger partial charge is 0.379 e. The van der Waals surface area contributed by atoms with Crippen LogP contribution in [0, 0.1) is 5.92 Å². The Kier molecular flexibility index (Phi) is 11.8. The van der Waals surface area contributed by atoms with Gasteiger partial charge in [-0.05, 0) is 19.0 Å². The van der Waals surface area contributed by atoms with Crippen molar-refractivity contribution in [2.75, 3.05) is 39.8 Å². The average molecular weight is 649 g/mol. The van der Waals surface area contributed by atoms with Crippen molar-refractivity contribution in [1.82, 2.24) is 34.1 Å². The molecule has 0 bridgehead atoms. The molecule has 230 valence electrons. The van der Waals surface area contributed by atoms with Crippen LogP contribution in [-0.4, -0.2) is 86.5 Å². The van der Waals surface area contributed by atoms with Crippen LogP contribution in [0.15, 0.2) is 34.5 Å². The van der Waals surface area contributed by atoms with Crippen LogP contribution in [0.5, 0.6) is 0 Å². The fourth-order valence-electron chi connectivity index (χ4n) is 4.35. The third-order valence-electron chi connectivity index (χ3n) is 6.51. The van der Waals surface area contributed by atoms with Gasteiger partial charge in [-0.25, -0.2) is 14.4 Å². The summed E-state index contributed by atoms with van der Waals surface area (Å²) in [5.41, 5.74) is 5.31. The van der Waals surface area contributed by atoms with Crippen molar-refractivity contribution in [3.63, 3.8) is 0 Å². The number of halogens is 1. The minimum absolute atomic E-state index is 0.0161. The molecule has 0 aliphatic rings. The molecule has 0 aliphatic heterocycles. The highest BCUT2D eigenvalue weighted by molar-refractivity contribution is 7.75. The van der Waals surface area contributed by atoms with Crippen LogP contribution in [0.3, 0.4) is 0 Å². The van der Waals surface area contributed by atoms with E-state index in [1.165, 1.54) is 24.3 Å². The Morgan fingerprint density at radius 3 is 2.60 bits per heavy atom. The molecule has 2 unspecified atom stereocenters. The summed E-state index contributed by atoms with van der Waals surface area (Å²) in [6.07, 6.45) is -0.361. The van der Waals surface area contributed by atoms with E-state index in [-0.39, 0.29) is 54.5 Å². The molecule has 4 heterocycles. The summed E-state index contributed by atoms with van der Waals surface area (Å²) in [5.74, 6) is -0.393. The number of methoxy groups -OCH3 is 2. The standard InChI is InChI=1S/C22H31FN8O8P2S/c1-34-13(7-36-40)11(5-30-4-3-12-17(30)25-9-26-19(12)32)6-37-41-38-8-14(35-2)15(23)21(39-42)31-10-27-16-18(31)28-22(24)29-20(16)33/h3-4,9-11,13-15,21,41-42H,5-8,40H2,1-2H3,(H,25,26,32)(H3,24,28,29,33)/t11-,13-,14-,15-,21-/m1/s1. The first kappa shape index (κ1) is 32.4. The Bertz CT molecular complexity index is 1570. The number of imidazole rings is 1. The monoisotopic (exact) mass is 648 g/mol. The van der Waals surface area contributed by atoms with Crippen LogP contribution in [0.2, 0.25) is 0 Å². The second kappa shape index (κ2) is 15.3. The SMILES string of the molecule is CO[C@H](COP)[C@@H](COPOC[C@@H](OC)[C@@H](F)[C@@H](OS)n1cnc2c(=O)[nH]c(N)nc21)Cn1ccc2c(=O)[nH]cnc21. The maximum absolute atomic E-state index is 15.6. The maximum Gasteiger partial charge on any atom is 0.280 e. The average Bonchev–Trinajstić information content (AvgIpc) is 3.59. The highest BCUT2D eigenvalue weighted by atomic mass is 32.1. The van der Waals surface area contributed by atoms with Crippen LogP contribution in [0.1, 0.15) is 6.23 Å². The van der Waals surface area contributed by atoms with Gasteiger partial charge in [0.15, 0.2) is 32.6 Å². The number of H-pyrrole nitrogens is 2. The molecular weight excluding hydrogens is 617 g/mol. The summed E-state index contributed by atoms with van der Waals surface area (Å²) in [5, 5.41) is 0.461. The van der Waals surface area contributed by atoms with Gasteiger partial charge in [-0.15, -0.1) is 0 Å². The van der Waals surface area contributed by atoms with Crippen LogP contribution < -0.4 is 16.9 Å². The normalized spacial score (nSPS) is 15.9. The summed E-state index contributed by atoms with van der Waals surface area (Å²) in [6, 6.07) is 1.69. The first-order chi connectivity index (χ1) is 20.3. The van der Waals surface area contributed by atoms with Gasteiger partial charge < -0.3 is 38.3 Å². The van der Waals surface area contributed by atoms with Crippen molar-refractivity contribution in [1.29, 1.82) is 0 Å². The molecule has 42 heavy (non-hydrogen) atoms. The predicted octanol–water partition coefficient (Wildman–Crippen LogP) is 1.13. The number of hydrogen-bond donors (Lipinski definition) is 4. The van der Waals surface area contributed by atoms with E-state index in [1.54, 1.807) is 19.4 Å². The molecule has 4 aromatic heterocycles. The fourth-order valence-corrected chi connectivity index (χ4v) is 5.35. The van der Waals surface area contributed by atoms with Crippen molar-refractivity contribution in [3.05, 3.63) is 45.6 Å². The maximum atomic E-state index is 15.6. The number of anilines is 1. The van der Waals surface area contributed by atoms with Gasteiger partial charge in [0.1, 0.15) is 11.8 Å². The molecule has 20 heteroatoms. The minimum Gasteiger partial charge on any atom is -0.379 e. The summed E-state index contributed by atoms with van der Waals surface area (Å²) >= 11 is 3.81. The number of nitrogens with two attached hydrogens (primary N) is 1. The summed E-state index contributed by atoms with van der Waals surface area (Å²) in [6.45, 7) is 0.664. The van der Waals surface area contributed by atoms with Gasteiger partial charge >= 0.3 is 0 Å². The molecule has 4 rings (SSSR count). The van der Waals surface area contributed by atoms with E-state index in [2.05, 4.69) is 47.3 Å². The van der Waals surface area contributed by atoms with Crippen molar-refractivity contribution < 1.29 is 31.6 Å². The van der Waals surface area contributed by atoms with E-state index in [4.69, 9.17) is 33.0 Å². The zero-order chi connectivity index (χ0) is 30.2. The number of aromatic nitrogens is 7. The van der Waals surface area contributed by atoms with Crippen LogP contribution in [0.25, 0.3) is 22.2 Å². The molecule has 0 spiro atoms. The van der Waals surface area contributed by atoms with Crippen LogP contribution in [0.4, 0.5) is 10.3 Å². The number of nitrogen functional groups attached to an aromatic ring is 1. The van der Waals surface area contributed by atoms with E-state index < -0.39 is 33.1 Å². The molecule has 4 aromatic rings. The van der Waals surface area contributed by atoms with E-state index in [9.17, 15) is 9.59 Å². The fraction of sp³-hybridized carbons (Fsp3) is 0.500. The van der Waals surface area contributed by atoms with Crippen molar-refractivity contribution in [2.45, 2.75) is 31.2 Å². The third-order valence-corrected chi connectivity index (χ3v) is 7.48. The van der Waals surface area contributed by atoms with Crippen molar-refractivity contribution in [2.24, 2.45) is 5.92 Å². The zero-order valence-corrected chi connectivity index (χ0v) is 25.6. The number of rotatable bonds is 17. The minimum atomic E-state index is -1.82. The molecule has 0 saturated carbocycles. The molecule has 0 aliphatic carbocycles. The Labute approximate surface area is 247 Å². The number of hydrogen-bond acceptors (Lipinski definition) is 13. The lowest BCUT2D eigenvalue weighted by Crippen LogP contribution is -2.36. The molecular formula is C22H31FN8O8P2S. The van der Waals surface area contributed by atoms with E-state index in [0.717, 1.165) is 0 Å². The summed E-state index contributed by atoms with van der Waals surface area (Å²) in [7, 11) is 4.59. The number of nitrogens with zero attached hydrogens (tertiary/aromatic N) is 5. The number of thiol groups is 1. The Balaban J connectivity index is 1.37. The first-order valence-corrected chi connectivity index (χ1v) is 14.0. The van der Waals surface area contributed by atoms with Gasteiger partial charge in [0.2, 0.25) is 5.95 Å². The van der Waals surface area contributed by atoms with Gasteiger partial charge in [-0.2, -0.15) is 4.98 Å². The van der Waals surface area contributed by atoms with E-state index in [0.29, 0.717) is 17.6 Å². The molecule has 0 aromatic carbocycles. The molecule has 7 atom stereocenters. The molecule has 4 N–H and O–H groups in total. The second-order valence-electron chi connectivity index (χ2n) is 9.00. The summed E-state index contributed by atoms with van der Waals surface area (Å²) in [4.78, 5) is 41.3. The van der Waals surface area contributed by atoms with Gasteiger partial charge in [0.05, 0.1) is 44.0 Å². The van der Waals surface area contributed by atoms with Gasteiger partial charge in [0.25, 0.3) is 11.1 Å². The lowest BCUT2D eigenvalue weighted by molar-refractivity contribution is -0.0587. The third kappa shape index (κ3) is 7.33. The number of ether oxygens (including phenoxy) is 2. The summed E-state index contributed by atoms with van der Waals surface area (Å²) < 4.78 is 51.2. The van der Waals surface area contributed by atoms with Gasteiger partial charge in [-0.3, -0.25) is 23.3 Å². The predicted molar refractivity (Wildman–Crippen MR) is 158 cm³/mol. The number of nitrogens with one attached hydrogen (secondary N) is 2. The smallest absolute Gasteiger partial charge is 0.280 e. The molecule has 0 fully saturated rings. The van der Waals surface area contributed by atoms with Gasteiger partial charge in [0, 0.05) is 42.3 Å². The van der Waals surface area contributed by atoms with Gasteiger partial charge in [-0.1, -0.05) is 0 Å². The highest BCUT2D eigenvalue weighted by Gasteiger charge is 2.34. The van der Waals surface area contributed by atoms with E-state index >= 15 is 4.39 Å². The quantitative estimate of drug-likeness (QED) is 0.0553. The molecule has 0 amide bonds. The topological polar surface area (TPSA) is 196 Å². The van der Waals surface area contributed by atoms with Crippen LogP contribution in [-0.2, 0) is 33.8 Å². The molecule has 0 saturated heterocycles. The lowest BCUT2D eigenvalue weighted by atomic mass is 10.0. The Morgan fingerprint density at radius 1 is 1.12 bits per heavy atom. The molecule has 0 radical (unpaired) electrons.